The molecule has 0 amide bonds. The summed E-state index contributed by atoms with van der Waals surface area (Å²) in [6.07, 6.45) is 0. The van der Waals surface area contributed by atoms with E-state index in [0.717, 1.165) is 0 Å². The van der Waals surface area contributed by atoms with Gasteiger partial charge in [0, 0.05) is 0 Å². The van der Waals surface area contributed by atoms with Crippen LogP contribution in [0.3, 0.4) is 0 Å². The van der Waals surface area contributed by atoms with Gasteiger partial charge in [0.15, 0.2) is 0 Å². The predicted molar refractivity (Wildman–Crippen MR) is 82.2 cm³/mol. The molecule has 0 atom stereocenters. The van der Waals surface area contributed by atoms with Crippen LogP contribution in [0, 0.1) is 0 Å². The van der Waals surface area contributed by atoms with Crippen LogP contribution in [0.15, 0.2) is 42.5 Å². The number of rotatable bonds is 5. The highest BCUT2D eigenvalue weighted by Crippen LogP contribution is 2.28. The lowest BCUT2D eigenvalue weighted by molar-refractivity contribution is 0.0597. The Balaban J connectivity index is 2.35. The lowest BCUT2D eigenvalue weighted by Crippen LogP contribution is -2.08. The van der Waals surface area contributed by atoms with Gasteiger partial charge in [-0.05, 0) is 42.5 Å². The van der Waals surface area contributed by atoms with E-state index >= 15 is 0 Å². The highest BCUT2D eigenvalue weighted by atomic mass is 16.5. The third kappa shape index (κ3) is 3.79. The maximum absolute atomic E-state index is 11.9. The Labute approximate surface area is 133 Å². The molecule has 0 unspecified atom stereocenters. The highest BCUT2D eigenvalue weighted by molar-refractivity contribution is 5.97. The van der Waals surface area contributed by atoms with Gasteiger partial charge >= 0.3 is 11.9 Å². The van der Waals surface area contributed by atoms with Gasteiger partial charge in [-0.1, -0.05) is 0 Å². The van der Waals surface area contributed by atoms with E-state index in [1.807, 2.05) is 0 Å². The van der Waals surface area contributed by atoms with E-state index in [-0.39, 0.29) is 16.9 Å². The number of carbonyl (C=O) groups is 2. The third-order valence-electron chi connectivity index (χ3n) is 3.09. The molecular weight excluding hydrogens is 300 g/mol. The summed E-state index contributed by atoms with van der Waals surface area (Å²) in [5, 5.41) is 0. The smallest absolute Gasteiger partial charge is 0.341 e. The molecular formula is C17H16O6. The number of hydrogen-bond acceptors (Lipinski definition) is 6. The molecule has 6 heteroatoms. The maximum Gasteiger partial charge on any atom is 0.341 e. The van der Waals surface area contributed by atoms with Crippen molar-refractivity contribution >= 4 is 11.9 Å². The molecule has 0 bridgehead atoms. The molecule has 0 saturated carbocycles. The number of esters is 2. The Morgan fingerprint density at radius 1 is 0.783 bits per heavy atom. The highest BCUT2D eigenvalue weighted by Gasteiger charge is 2.17. The predicted octanol–water partition coefficient (Wildman–Crippen LogP) is 3.06. The quantitative estimate of drug-likeness (QED) is 0.790. The van der Waals surface area contributed by atoms with Crippen LogP contribution in [0.2, 0.25) is 0 Å². The Morgan fingerprint density at radius 3 is 1.96 bits per heavy atom. The zero-order valence-corrected chi connectivity index (χ0v) is 13.0. The van der Waals surface area contributed by atoms with Crippen LogP contribution in [0.5, 0.6) is 17.2 Å². The van der Waals surface area contributed by atoms with E-state index in [1.54, 1.807) is 31.4 Å². The van der Waals surface area contributed by atoms with Crippen LogP contribution in [0.1, 0.15) is 20.7 Å². The standard InChI is InChI=1S/C17H16O6/c1-20-12-5-7-13(8-6-12)23-15-9-4-11(16(18)21-2)10-14(15)17(19)22-3/h4-10H,1-3H3. The van der Waals surface area contributed by atoms with Crippen LogP contribution in [-0.2, 0) is 9.47 Å². The second-order valence-electron chi connectivity index (χ2n) is 4.47. The van der Waals surface area contributed by atoms with Crippen LogP contribution in [-0.4, -0.2) is 33.3 Å². The van der Waals surface area contributed by atoms with Gasteiger partial charge in [-0.3, -0.25) is 0 Å². The topological polar surface area (TPSA) is 71.1 Å². The summed E-state index contributed by atoms with van der Waals surface area (Å²) in [6.45, 7) is 0. The van der Waals surface area contributed by atoms with Crippen molar-refractivity contribution in [2.75, 3.05) is 21.3 Å². The first kappa shape index (κ1) is 16.4. The molecule has 120 valence electrons. The molecule has 0 radical (unpaired) electrons. The maximum atomic E-state index is 11.9. The number of hydrogen-bond donors (Lipinski definition) is 0. The number of benzene rings is 2. The van der Waals surface area contributed by atoms with Crippen molar-refractivity contribution < 1.29 is 28.5 Å². The van der Waals surface area contributed by atoms with Gasteiger partial charge in [0.05, 0.1) is 26.9 Å². The molecule has 6 nitrogen and oxygen atoms in total. The second kappa shape index (κ2) is 7.31. The Hall–Kier alpha value is -3.02. The normalized spacial score (nSPS) is 9.87. The molecule has 0 fully saturated rings. The van der Waals surface area contributed by atoms with Gasteiger partial charge in [-0.15, -0.1) is 0 Å². The van der Waals surface area contributed by atoms with Gasteiger partial charge in [-0.25, -0.2) is 9.59 Å². The van der Waals surface area contributed by atoms with Crippen LogP contribution in [0.25, 0.3) is 0 Å². The summed E-state index contributed by atoms with van der Waals surface area (Å²) >= 11 is 0. The molecule has 2 rings (SSSR count). The van der Waals surface area contributed by atoms with Gasteiger partial charge in [-0.2, -0.15) is 0 Å². The molecule has 2 aromatic rings. The van der Waals surface area contributed by atoms with Crippen molar-refractivity contribution in [2.45, 2.75) is 0 Å². The number of methoxy groups -OCH3 is 3. The van der Waals surface area contributed by atoms with E-state index in [0.29, 0.717) is 11.5 Å². The van der Waals surface area contributed by atoms with Crippen LogP contribution >= 0.6 is 0 Å². The minimum atomic E-state index is -0.612. The minimum Gasteiger partial charge on any atom is -0.497 e. The fraction of sp³-hybridized carbons (Fsp3) is 0.176. The first-order valence-corrected chi connectivity index (χ1v) is 6.71. The average Bonchev–Trinajstić information content (AvgIpc) is 2.61. The van der Waals surface area contributed by atoms with Crippen molar-refractivity contribution in [3.63, 3.8) is 0 Å². The summed E-state index contributed by atoms with van der Waals surface area (Å²) in [5.41, 5.74) is 0.362. The largest absolute Gasteiger partial charge is 0.497 e. The Kier molecular flexibility index (Phi) is 5.19. The molecule has 0 N–H and O–H groups in total. The van der Waals surface area contributed by atoms with E-state index in [1.165, 1.54) is 32.4 Å². The average molecular weight is 316 g/mol. The summed E-state index contributed by atoms with van der Waals surface area (Å²) < 4.78 is 20.1. The Morgan fingerprint density at radius 2 is 1.39 bits per heavy atom. The van der Waals surface area contributed by atoms with E-state index in [2.05, 4.69) is 4.74 Å². The monoisotopic (exact) mass is 316 g/mol. The van der Waals surface area contributed by atoms with E-state index in [4.69, 9.17) is 14.2 Å². The molecule has 23 heavy (non-hydrogen) atoms. The van der Waals surface area contributed by atoms with Crippen molar-refractivity contribution in [3.8, 4) is 17.2 Å². The summed E-state index contributed by atoms with van der Waals surface area (Å²) in [7, 11) is 4.09. The van der Waals surface area contributed by atoms with E-state index < -0.39 is 11.9 Å². The van der Waals surface area contributed by atoms with Crippen LogP contribution < -0.4 is 9.47 Å². The van der Waals surface area contributed by atoms with Crippen LogP contribution in [0.4, 0.5) is 0 Å². The van der Waals surface area contributed by atoms with Crippen molar-refractivity contribution in [1.29, 1.82) is 0 Å². The number of ether oxygens (including phenoxy) is 4. The van der Waals surface area contributed by atoms with Crippen molar-refractivity contribution in [3.05, 3.63) is 53.6 Å². The molecule has 0 aliphatic carbocycles. The fourth-order valence-corrected chi connectivity index (χ4v) is 1.90. The molecule has 0 heterocycles. The zero-order valence-electron chi connectivity index (χ0n) is 13.0. The van der Waals surface area contributed by atoms with E-state index in [9.17, 15) is 9.59 Å². The second-order valence-corrected chi connectivity index (χ2v) is 4.47. The molecule has 0 aliphatic heterocycles. The first-order valence-electron chi connectivity index (χ1n) is 6.71. The fourth-order valence-electron chi connectivity index (χ4n) is 1.90. The van der Waals surface area contributed by atoms with Gasteiger partial charge in [0.1, 0.15) is 22.8 Å². The Bertz CT molecular complexity index is 706. The molecule has 0 aliphatic rings. The summed E-state index contributed by atoms with van der Waals surface area (Å²) in [6, 6.07) is 11.3. The van der Waals surface area contributed by atoms with Gasteiger partial charge < -0.3 is 18.9 Å². The van der Waals surface area contributed by atoms with Crippen molar-refractivity contribution in [1.82, 2.24) is 0 Å². The SMILES string of the molecule is COC(=O)c1ccc(Oc2ccc(OC)cc2)c(C(=O)OC)c1. The summed E-state index contributed by atoms with van der Waals surface area (Å²) in [5.74, 6) is 0.313. The molecule has 0 spiro atoms. The lowest BCUT2D eigenvalue weighted by Gasteiger charge is -2.11. The molecule has 0 saturated heterocycles. The van der Waals surface area contributed by atoms with Crippen molar-refractivity contribution in [2.24, 2.45) is 0 Å². The molecule has 0 aromatic heterocycles. The molecule has 2 aromatic carbocycles. The lowest BCUT2D eigenvalue weighted by atomic mass is 10.1. The zero-order chi connectivity index (χ0) is 16.8. The third-order valence-corrected chi connectivity index (χ3v) is 3.09. The van der Waals surface area contributed by atoms with Gasteiger partial charge in [0.25, 0.3) is 0 Å². The first-order chi connectivity index (χ1) is 11.1. The number of carbonyl (C=O) groups excluding carboxylic acids is 2. The summed E-state index contributed by atoms with van der Waals surface area (Å²) in [4.78, 5) is 23.5. The van der Waals surface area contributed by atoms with Gasteiger partial charge in [0.2, 0.25) is 0 Å². The minimum absolute atomic E-state index is 0.131.